The Morgan fingerprint density at radius 3 is 2.53 bits per heavy atom. The Morgan fingerprint density at radius 2 is 1.79 bits per heavy atom. The standard InChI is InChI=1S/C13H8O6/c14-5-3-8(16)10-9(4-5)19-13-6(11(10)17)1-2-7(15)12(13)18/h1-4,14-16,18H/p-1. The van der Waals surface area contributed by atoms with Crippen LogP contribution in [0.5, 0.6) is 23.0 Å². The van der Waals surface area contributed by atoms with Crippen molar-refractivity contribution < 1.29 is 24.8 Å². The number of phenols is 3. The lowest BCUT2D eigenvalue weighted by Gasteiger charge is -2.12. The van der Waals surface area contributed by atoms with Crippen LogP contribution in [0.15, 0.2) is 33.5 Å². The van der Waals surface area contributed by atoms with Crippen molar-refractivity contribution in [2.45, 2.75) is 0 Å². The molecule has 0 saturated heterocycles. The fourth-order valence-electron chi connectivity index (χ4n) is 1.97. The fourth-order valence-corrected chi connectivity index (χ4v) is 1.97. The van der Waals surface area contributed by atoms with E-state index in [4.69, 9.17) is 4.42 Å². The number of aromatic hydroxyl groups is 3. The zero-order valence-corrected chi connectivity index (χ0v) is 9.38. The zero-order chi connectivity index (χ0) is 13.7. The third-order valence-electron chi connectivity index (χ3n) is 2.84. The molecule has 0 radical (unpaired) electrons. The van der Waals surface area contributed by atoms with Gasteiger partial charge in [-0.15, -0.1) is 0 Å². The first-order valence-corrected chi connectivity index (χ1v) is 5.30. The van der Waals surface area contributed by atoms with Crippen molar-refractivity contribution in [3.05, 3.63) is 34.5 Å². The third-order valence-corrected chi connectivity index (χ3v) is 2.84. The highest BCUT2D eigenvalue weighted by atomic mass is 16.4. The monoisotopic (exact) mass is 259 g/mol. The van der Waals surface area contributed by atoms with Gasteiger partial charge in [0.05, 0.1) is 5.39 Å². The quantitative estimate of drug-likeness (QED) is 0.521. The summed E-state index contributed by atoms with van der Waals surface area (Å²) in [6, 6.07) is 4.44. The topological polar surface area (TPSA) is 114 Å². The van der Waals surface area contributed by atoms with Crippen LogP contribution in [0.4, 0.5) is 0 Å². The van der Waals surface area contributed by atoms with Crippen LogP contribution in [0.1, 0.15) is 0 Å². The van der Waals surface area contributed by atoms with Crippen molar-refractivity contribution in [1.29, 1.82) is 0 Å². The molecular weight excluding hydrogens is 252 g/mol. The van der Waals surface area contributed by atoms with Crippen molar-refractivity contribution >= 4 is 21.9 Å². The van der Waals surface area contributed by atoms with E-state index in [0.29, 0.717) is 0 Å². The third kappa shape index (κ3) is 1.46. The van der Waals surface area contributed by atoms with Crippen molar-refractivity contribution in [3.8, 4) is 23.0 Å². The average Bonchev–Trinajstić information content (AvgIpc) is 2.33. The molecule has 3 aromatic rings. The van der Waals surface area contributed by atoms with Gasteiger partial charge in [-0.2, -0.15) is 0 Å². The Labute approximate surface area is 105 Å². The van der Waals surface area contributed by atoms with Crippen LogP contribution in [0.2, 0.25) is 0 Å². The molecule has 0 fully saturated rings. The van der Waals surface area contributed by atoms with Crippen LogP contribution in [0, 0.1) is 0 Å². The first-order chi connectivity index (χ1) is 8.99. The van der Waals surface area contributed by atoms with Crippen LogP contribution in [-0.4, -0.2) is 15.3 Å². The van der Waals surface area contributed by atoms with Gasteiger partial charge in [0.2, 0.25) is 5.43 Å². The summed E-state index contributed by atoms with van der Waals surface area (Å²) in [7, 11) is 0. The van der Waals surface area contributed by atoms with E-state index < -0.39 is 22.7 Å². The minimum absolute atomic E-state index is 0.0451. The Bertz CT molecular complexity index is 878. The lowest BCUT2D eigenvalue weighted by molar-refractivity contribution is -0.268. The second-order valence-corrected chi connectivity index (χ2v) is 4.06. The predicted octanol–water partition coefficient (Wildman–Crippen LogP) is 1.14. The number of hydrogen-bond acceptors (Lipinski definition) is 6. The SMILES string of the molecule is O=c1c2ccc(O)c([O-])c2oc2cc(O)cc(O)c12. The van der Waals surface area contributed by atoms with Gasteiger partial charge in [-0.05, 0) is 17.9 Å². The summed E-state index contributed by atoms with van der Waals surface area (Å²) < 4.78 is 5.21. The van der Waals surface area contributed by atoms with E-state index in [-0.39, 0.29) is 27.7 Å². The van der Waals surface area contributed by atoms with Crippen LogP contribution < -0.4 is 10.5 Å². The van der Waals surface area contributed by atoms with E-state index in [9.17, 15) is 25.2 Å². The molecule has 96 valence electrons. The summed E-state index contributed by atoms with van der Waals surface area (Å²) in [4.78, 5) is 12.2. The van der Waals surface area contributed by atoms with E-state index in [0.717, 1.165) is 18.2 Å². The first-order valence-electron chi connectivity index (χ1n) is 5.30. The zero-order valence-electron chi connectivity index (χ0n) is 9.38. The lowest BCUT2D eigenvalue weighted by Crippen LogP contribution is -2.04. The summed E-state index contributed by atoms with van der Waals surface area (Å²) >= 11 is 0. The molecule has 0 aliphatic rings. The number of hydrogen-bond donors (Lipinski definition) is 3. The second-order valence-electron chi connectivity index (χ2n) is 4.06. The molecule has 19 heavy (non-hydrogen) atoms. The molecule has 2 aromatic carbocycles. The van der Waals surface area contributed by atoms with Gasteiger partial charge >= 0.3 is 0 Å². The molecule has 6 nitrogen and oxygen atoms in total. The number of phenolic OH excluding ortho intramolecular Hbond substituents is 3. The van der Waals surface area contributed by atoms with Gasteiger partial charge in [-0.25, -0.2) is 0 Å². The molecule has 0 amide bonds. The highest BCUT2D eigenvalue weighted by Crippen LogP contribution is 2.34. The van der Waals surface area contributed by atoms with Crippen molar-refractivity contribution in [2.75, 3.05) is 0 Å². The summed E-state index contributed by atoms with van der Waals surface area (Å²) in [5, 5.41) is 39.8. The molecule has 0 aliphatic heterocycles. The van der Waals surface area contributed by atoms with E-state index in [2.05, 4.69) is 0 Å². The highest BCUT2D eigenvalue weighted by molar-refractivity contribution is 5.96. The normalized spacial score (nSPS) is 11.2. The van der Waals surface area contributed by atoms with Crippen molar-refractivity contribution in [1.82, 2.24) is 0 Å². The Balaban J connectivity index is 2.64. The maximum absolute atomic E-state index is 12.2. The molecule has 0 aliphatic carbocycles. The van der Waals surface area contributed by atoms with Gasteiger partial charge in [-0.1, -0.05) is 0 Å². The minimum atomic E-state index is -0.820. The molecule has 1 aromatic heterocycles. The first kappa shape index (κ1) is 11.2. The molecular formula is C13H7O6-. The van der Waals surface area contributed by atoms with Gasteiger partial charge in [0, 0.05) is 12.1 Å². The molecule has 0 spiro atoms. The van der Waals surface area contributed by atoms with E-state index in [1.807, 2.05) is 0 Å². The Hall–Kier alpha value is -2.89. The fraction of sp³-hybridized carbons (Fsp3) is 0. The summed E-state index contributed by atoms with van der Waals surface area (Å²) in [6.45, 7) is 0. The molecule has 0 unspecified atom stereocenters. The summed E-state index contributed by atoms with van der Waals surface area (Å²) in [5.41, 5.74) is -1.05. The van der Waals surface area contributed by atoms with Gasteiger partial charge < -0.3 is 24.8 Å². The highest BCUT2D eigenvalue weighted by Gasteiger charge is 2.14. The van der Waals surface area contributed by atoms with E-state index in [1.54, 1.807) is 0 Å². The molecule has 3 rings (SSSR count). The predicted molar refractivity (Wildman–Crippen MR) is 64.4 cm³/mol. The molecule has 3 N–H and O–H groups in total. The van der Waals surface area contributed by atoms with Crippen LogP contribution in [0.3, 0.4) is 0 Å². The van der Waals surface area contributed by atoms with Gasteiger partial charge in [-0.3, -0.25) is 4.79 Å². The summed E-state index contributed by atoms with van der Waals surface area (Å²) in [5.74, 6) is -2.11. The van der Waals surface area contributed by atoms with Crippen LogP contribution in [-0.2, 0) is 0 Å². The molecule has 6 heteroatoms. The van der Waals surface area contributed by atoms with Gasteiger partial charge in [0.1, 0.15) is 33.8 Å². The smallest absolute Gasteiger partial charge is 0.204 e. The minimum Gasteiger partial charge on any atom is -0.867 e. The molecule has 0 atom stereocenters. The molecule has 0 saturated carbocycles. The lowest BCUT2D eigenvalue weighted by atomic mass is 10.1. The van der Waals surface area contributed by atoms with Crippen molar-refractivity contribution in [2.24, 2.45) is 0 Å². The molecule has 0 bridgehead atoms. The van der Waals surface area contributed by atoms with Crippen LogP contribution >= 0.6 is 0 Å². The second kappa shape index (κ2) is 3.55. The van der Waals surface area contributed by atoms with E-state index in [1.165, 1.54) is 6.07 Å². The van der Waals surface area contributed by atoms with Crippen LogP contribution in [0.25, 0.3) is 21.9 Å². The van der Waals surface area contributed by atoms with E-state index >= 15 is 0 Å². The number of rotatable bonds is 0. The maximum atomic E-state index is 12.2. The number of benzene rings is 2. The van der Waals surface area contributed by atoms with Gasteiger partial charge in [0.15, 0.2) is 0 Å². The summed E-state index contributed by atoms with van der Waals surface area (Å²) in [6.07, 6.45) is 0. The largest absolute Gasteiger partial charge is 0.867 e. The Morgan fingerprint density at radius 1 is 1.05 bits per heavy atom. The maximum Gasteiger partial charge on any atom is 0.204 e. The van der Waals surface area contributed by atoms with Crippen molar-refractivity contribution in [3.63, 3.8) is 0 Å². The Kier molecular flexibility index (Phi) is 2.10. The number of fused-ring (bicyclic) bond motifs is 2. The van der Waals surface area contributed by atoms with Gasteiger partial charge in [0.25, 0.3) is 0 Å². The average molecular weight is 259 g/mol. The molecule has 1 heterocycles.